The van der Waals surface area contributed by atoms with Gasteiger partial charge in [-0.15, -0.1) is 0 Å². The van der Waals surface area contributed by atoms with Crippen molar-refractivity contribution in [3.8, 4) is 0 Å². The lowest BCUT2D eigenvalue weighted by molar-refractivity contribution is -0.167. The van der Waals surface area contributed by atoms with Gasteiger partial charge in [-0.1, -0.05) is 251 Å². The van der Waals surface area contributed by atoms with Crippen molar-refractivity contribution < 1.29 is 28.6 Å². The average molecular weight is 984 g/mol. The third kappa shape index (κ3) is 56.6. The molecule has 0 aliphatic carbocycles. The summed E-state index contributed by atoms with van der Waals surface area (Å²) in [5, 5.41) is 0. The first-order chi connectivity index (χ1) is 35.0. The van der Waals surface area contributed by atoms with Gasteiger partial charge in [-0.25, -0.2) is 0 Å². The largest absolute Gasteiger partial charge is 0.462 e. The monoisotopic (exact) mass is 983 g/mol. The highest BCUT2D eigenvalue weighted by Gasteiger charge is 2.19. The van der Waals surface area contributed by atoms with Crippen molar-refractivity contribution >= 4 is 17.9 Å². The molecule has 0 aromatic carbocycles. The van der Waals surface area contributed by atoms with E-state index in [1.54, 1.807) is 0 Å². The Labute approximate surface area is 437 Å². The lowest BCUT2D eigenvalue weighted by atomic mass is 10.0. The molecule has 0 heterocycles. The summed E-state index contributed by atoms with van der Waals surface area (Å²) in [6.45, 7) is 6.34. The van der Waals surface area contributed by atoms with Crippen LogP contribution >= 0.6 is 0 Å². The molecule has 0 amide bonds. The van der Waals surface area contributed by atoms with Crippen LogP contribution < -0.4 is 0 Å². The van der Waals surface area contributed by atoms with Crippen molar-refractivity contribution in [3.05, 3.63) is 122 Å². The van der Waals surface area contributed by atoms with Gasteiger partial charge in [0, 0.05) is 19.3 Å². The number of unbranched alkanes of at least 4 members (excludes halogenated alkanes) is 20. The quantitative estimate of drug-likeness (QED) is 0.0261. The molecule has 0 aliphatic rings. The summed E-state index contributed by atoms with van der Waals surface area (Å²) in [4.78, 5) is 38.2. The fourth-order valence-electron chi connectivity index (χ4n) is 7.68. The molecule has 0 bridgehead atoms. The second-order valence-corrected chi connectivity index (χ2v) is 18.8. The first-order valence-electron chi connectivity index (χ1n) is 29.0. The van der Waals surface area contributed by atoms with Gasteiger partial charge in [0.05, 0.1) is 0 Å². The summed E-state index contributed by atoms with van der Waals surface area (Å²) >= 11 is 0. The second kappa shape index (κ2) is 58.4. The second-order valence-electron chi connectivity index (χ2n) is 18.8. The van der Waals surface area contributed by atoms with E-state index in [0.29, 0.717) is 19.3 Å². The van der Waals surface area contributed by atoms with Gasteiger partial charge in [-0.2, -0.15) is 0 Å². The van der Waals surface area contributed by atoms with E-state index in [4.69, 9.17) is 14.2 Å². The highest BCUT2D eigenvalue weighted by atomic mass is 16.6. The Bertz CT molecular complexity index is 1500. The number of carbonyl (C=O) groups excluding carboxylic acids is 3. The summed E-state index contributed by atoms with van der Waals surface area (Å²) < 4.78 is 16.8. The van der Waals surface area contributed by atoms with Crippen LogP contribution in [0.15, 0.2) is 122 Å². The topological polar surface area (TPSA) is 78.9 Å². The average Bonchev–Trinajstić information content (AvgIpc) is 3.37. The number of rotatable bonds is 51. The number of ether oxygens (including phenoxy) is 3. The molecular weight excluding hydrogens is 877 g/mol. The summed E-state index contributed by atoms with van der Waals surface area (Å²) in [5.41, 5.74) is 0. The molecule has 0 radical (unpaired) electrons. The predicted octanol–water partition coefficient (Wildman–Crippen LogP) is 19.6. The van der Waals surface area contributed by atoms with Gasteiger partial charge in [0.2, 0.25) is 0 Å². The third-order valence-electron chi connectivity index (χ3n) is 12.0. The number of allylic oxidation sites excluding steroid dienone is 20. The molecule has 0 N–H and O–H groups in total. The van der Waals surface area contributed by atoms with Gasteiger partial charge in [0.1, 0.15) is 13.2 Å². The molecule has 0 rings (SSSR count). The predicted molar refractivity (Wildman–Crippen MR) is 306 cm³/mol. The molecule has 0 aromatic rings. The van der Waals surface area contributed by atoms with Crippen LogP contribution in [-0.4, -0.2) is 37.2 Å². The SMILES string of the molecule is CC/C=C\C/C=C\C/C=C\C/C=C\C/C=C\CCCCCC(=O)O[C@H](COC(=O)CCC/C=C\C/C=C\C/C=C\C/C=C\C/C=C\CC)COC(=O)CCCCCCCCCCCCCCCCCCC. The first-order valence-corrected chi connectivity index (χ1v) is 29.0. The number of hydrogen-bond donors (Lipinski definition) is 0. The zero-order valence-corrected chi connectivity index (χ0v) is 45.9. The highest BCUT2D eigenvalue weighted by molar-refractivity contribution is 5.71. The van der Waals surface area contributed by atoms with Crippen LogP contribution in [0, 0.1) is 0 Å². The van der Waals surface area contributed by atoms with E-state index in [9.17, 15) is 14.4 Å². The van der Waals surface area contributed by atoms with Crippen LogP contribution in [0.5, 0.6) is 0 Å². The molecule has 1 atom stereocenters. The molecule has 0 fully saturated rings. The van der Waals surface area contributed by atoms with Crippen molar-refractivity contribution in [3.63, 3.8) is 0 Å². The van der Waals surface area contributed by atoms with Crippen LogP contribution in [0.1, 0.15) is 252 Å². The minimum absolute atomic E-state index is 0.110. The van der Waals surface area contributed by atoms with Crippen LogP contribution in [0.2, 0.25) is 0 Å². The highest BCUT2D eigenvalue weighted by Crippen LogP contribution is 2.15. The maximum atomic E-state index is 12.9. The lowest BCUT2D eigenvalue weighted by Gasteiger charge is -2.18. The van der Waals surface area contributed by atoms with Crippen LogP contribution in [0.3, 0.4) is 0 Å². The maximum absolute atomic E-state index is 12.9. The molecule has 6 heteroatoms. The fourth-order valence-corrected chi connectivity index (χ4v) is 7.68. The Morgan fingerprint density at radius 3 is 0.915 bits per heavy atom. The van der Waals surface area contributed by atoms with E-state index < -0.39 is 6.10 Å². The van der Waals surface area contributed by atoms with Gasteiger partial charge in [-0.05, 0) is 103 Å². The van der Waals surface area contributed by atoms with Crippen LogP contribution in [0.4, 0.5) is 0 Å². The molecule has 0 aliphatic heterocycles. The zero-order valence-electron chi connectivity index (χ0n) is 45.9. The molecule has 71 heavy (non-hydrogen) atoms. The van der Waals surface area contributed by atoms with Crippen molar-refractivity contribution in [2.45, 2.75) is 258 Å². The molecule has 0 spiro atoms. The van der Waals surface area contributed by atoms with E-state index >= 15 is 0 Å². The summed E-state index contributed by atoms with van der Waals surface area (Å²) in [6, 6.07) is 0. The Balaban J connectivity index is 4.54. The standard InChI is InChI=1S/C65H106O6/c1-4-7-10-13-16-19-22-25-28-31-32-35-38-41-44-47-50-53-56-59-65(68)71-62(60-69-63(66)57-54-51-48-45-42-39-36-33-29-26-23-20-17-14-11-8-5-2)61-70-64(67)58-55-52-49-46-43-40-37-34-30-27-24-21-18-15-12-9-6-3/h7-8,10-11,16-17,19-20,25-26,28-29,32,35-36,39,41,44-45,48,62H,4-6,9,12-15,18,21-24,27,30-31,33-34,37-38,40,42-43,46-47,49-61H2,1-3H3/b10-7-,11-8-,19-16-,20-17-,28-25-,29-26-,35-32-,39-36-,44-41-,48-45-/t62-/m1/s1. The van der Waals surface area contributed by atoms with Crippen LogP contribution in [-0.2, 0) is 28.6 Å². The number of hydrogen-bond acceptors (Lipinski definition) is 6. The molecular formula is C65H106O6. The molecule has 0 aromatic heterocycles. The van der Waals surface area contributed by atoms with Crippen LogP contribution in [0.25, 0.3) is 0 Å². The molecule has 402 valence electrons. The van der Waals surface area contributed by atoms with Crippen molar-refractivity contribution in [2.75, 3.05) is 13.2 Å². The normalized spacial score (nSPS) is 13.0. The fraction of sp³-hybridized carbons (Fsp3) is 0.646. The molecule has 6 nitrogen and oxygen atoms in total. The van der Waals surface area contributed by atoms with Gasteiger partial charge in [-0.3, -0.25) is 14.4 Å². The van der Waals surface area contributed by atoms with Gasteiger partial charge in [0.25, 0.3) is 0 Å². The Kier molecular flexibility index (Phi) is 54.9. The minimum Gasteiger partial charge on any atom is -0.462 e. The minimum atomic E-state index is -0.821. The lowest BCUT2D eigenvalue weighted by Crippen LogP contribution is -2.30. The van der Waals surface area contributed by atoms with Gasteiger partial charge < -0.3 is 14.2 Å². The number of carbonyl (C=O) groups is 3. The third-order valence-corrected chi connectivity index (χ3v) is 12.0. The van der Waals surface area contributed by atoms with Crippen molar-refractivity contribution in [1.29, 1.82) is 0 Å². The van der Waals surface area contributed by atoms with E-state index in [2.05, 4.69) is 142 Å². The summed E-state index contributed by atoms with van der Waals surface area (Å²) in [5.74, 6) is -1.00. The van der Waals surface area contributed by atoms with Crippen molar-refractivity contribution in [1.82, 2.24) is 0 Å². The van der Waals surface area contributed by atoms with E-state index in [1.807, 2.05) is 0 Å². The Hall–Kier alpha value is -4.19. The maximum Gasteiger partial charge on any atom is 0.306 e. The summed E-state index contributed by atoms with van der Waals surface area (Å²) in [7, 11) is 0. The van der Waals surface area contributed by atoms with Gasteiger partial charge >= 0.3 is 17.9 Å². The zero-order chi connectivity index (χ0) is 51.4. The van der Waals surface area contributed by atoms with E-state index in [-0.39, 0.29) is 44.0 Å². The van der Waals surface area contributed by atoms with Gasteiger partial charge in [0.15, 0.2) is 6.10 Å². The Morgan fingerprint density at radius 1 is 0.296 bits per heavy atom. The molecule has 0 unspecified atom stereocenters. The molecule has 0 saturated carbocycles. The summed E-state index contributed by atoms with van der Waals surface area (Å²) in [6.07, 6.45) is 80.5. The number of esters is 3. The smallest absolute Gasteiger partial charge is 0.306 e. The Morgan fingerprint density at radius 2 is 0.563 bits per heavy atom. The van der Waals surface area contributed by atoms with E-state index in [1.165, 1.54) is 89.9 Å². The first kappa shape index (κ1) is 66.8. The van der Waals surface area contributed by atoms with Crippen molar-refractivity contribution in [2.24, 2.45) is 0 Å². The van der Waals surface area contributed by atoms with E-state index in [0.717, 1.165) is 109 Å². The molecule has 0 saturated heterocycles.